The molecule has 2 aromatic rings. The molecular formula is C15H22N4OS. The molecule has 0 spiro atoms. The molecule has 6 heteroatoms. The van der Waals surface area contributed by atoms with Crippen molar-refractivity contribution < 1.29 is 4.79 Å². The van der Waals surface area contributed by atoms with Crippen LogP contribution in [0.25, 0.3) is 0 Å². The fraction of sp³-hybridized carbons (Fsp3) is 0.533. The van der Waals surface area contributed by atoms with E-state index in [4.69, 9.17) is 0 Å². The second kappa shape index (κ2) is 6.39. The fourth-order valence-electron chi connectivity index (χ4n) is 2.25. The highest BCUT2D eigenvalue weighted by Gasteiger charge is 2.16. The molecule has 0 unspecified atom stereocenters. The Morgan fingerprint density at radius 1 is 1.38 bits per heavy atom. The Hall–Kier alpha value is -1.69. The normalized spacial score (nSPS) is 11.1. The molecule has 0 aromatic carbocycles. The van der Waals surface area contributed by atoms with Crippen molar-refractivity contribution in [3.63, 3.8) is 0 Å². The number of hydrogen-bond donors (Lipinski definition) is 1. The lowest BCUT2D eigenvalue weighted by Gasteiger charge is -2.08. The molecule has 0 saturated carbocycles. The van der Waals surface area contributed by atoms with Crippen molar-refractivity contribution in [2.45, 2.75) is 47.6 Å². The molecule has 2 rings (SSSR count). The van der Waals surface area contributed by atoms with Gasteiger partial charge in [-0.1, -0.05) is 13.8 Å². The van der Waals surface area contributed by atoms with E-state index in [1.54, 1.807) is 6.20 Å². The van der Waals surface area contributed by atoms with Gasteiger partial charge in [0.15, 0.2) is 5.13 Å². The predicted octanol–water partition coefficient (Wildman–Crippen LogP) is 3.10. The molecule has 0 atom stereocenters. The van der Waals surface area contributed by atoms with Gasteiger partial charge in [-0.3, -0.25) is 9.48 Å². The van der Waals surface area contributed by atoms with Crippen LogP contribution >= 0.6 is 11.3 Å². The number of nitrogens with one attached hydrogen (secondary N) is 1. The van der Waals surface area contributed by atoms with Crippen LogP contribution in [0.2, 0.25) is 0 Å². The minimum Gasteiger partial charge on any atom is -0.302 e. The summed E-state index contributed by atoms with van der Waals surface area (Å²) in [6.07, 6.45) is 2.10. The molecule has 2 heterocycles. The van der Waals surface area contributed by atoms with Gasteiger partial charge >= 0.3 is 0 Å². The van der Waals surface area contributed by atoms with Crippen molar-refractivity contribution in [3.05, 3.63) is 28.0 Å². The summed E-state index contributed by atoms with van der Waals surface area (Å²) in [6, 6.07) is 0. The standard InChI is InChI=1S/C15H22N4OS/c1-9(2)8-19-12(5)13(11(4)18-19)6-14(20)17-15-16-7-10(3)21-15/h7,9H,6,8H2,1-5H3,(H,16,17,20). The summed E-state index contributed by atoms with van der Waals surface area (Å²) in [5.74, 6) is 0.489. The van der Waals surface area contributed by atoms with E-state index in [0.717, 1.165) is 28.4 Å². The number of carbonyl (C=O) groups excluding carboxylic acids is 1. The van der Waals surface area contributed by atoms with Crippen LogP contribution in [0, 0.1) is 26.7 Å². The molecule has 2 aromatic heterocycles. The molecular weight excluding hydrogens is 284 g/mol. The number of rotatable bonds is 5. The Morgan fingerprint density at radius 2 is 2.10 bits per heavy atom. The van der Waals surface area contributed by atoms with Gasteiger partial charge in [0, 0.05) is 28.9 Å². The molecule has 114 valence electrons. The van der Waals surface area contributed by atoms with Gasteiger partial charge in [0.2, 0.25) is 5.91 Å². The Kier molecular flexibility index (Phi) is 4.77. The van der Waals surface area contributed by atoms with Crippen LogP contribution < -0.4 is 5.32 Å². The lowest BCUT2D eigenvalue weighted by Crippen LogP contribution is -2.15. The first-order valence-corrected chi connectivity index (χ1v) is 7.93. The maximum Gasteiger partial charge on any atom is 0.230 e. The van der Waals surface area contributed by atoms with Gasteiger partial charge in [0.25, 0.3) is 0 Å². The fourth-order valence-corrected chi connectivity index (χ4v) is 2.93. The average molecular weight is 306 g/mol. The van der Waals surface area contributed by atoms with Crippen LogP contribution in [0.1, 0.15) is 35.7 Å². The van der Waals surface area contributed by atoms with Crippen LogP contribution in [0.5, 0.6) is 0 Å². The first-order chi connectivity index (χ1) is 9.86. The second-order valence-corrected chi connectivity index (χ2v) is 6.96. The van der Waals surface area contributed by atoms with E-state index in [-0.39, 0.29) is 5.91 Å². The van der Waals surface area contributed by atoms with Gasteiger partial charge in [0.05, 0.1) is 12.1 Å². The van der Waals surface area contributed by atoms with Crippen molar-refractivity contribution in [1.29, 1.82) is 0 Å². The van der Waals surface area contributed by atoms with E-state index in [9.17, 15) is 4.79 Å². The maximum absolute atomic E-state index is 12.1. The number of nitrogens with zero attached hydrogens (tertiary/aromatic N) is 3. The highest BCUT2D eigenvalue weighted by molar-refractivity contribution is 7.15. The zero-order valence-electron chi connectivity index (χ0n) is 13.2. The Bertz CT molecular complexity index is 642. The summed E-state index contributed by atoms with van der Waals surface area (Å²) in [5.41, 5.74) is 3.02. The van der Waals surface area contributed by atoms with Gasteiger partial charge < -0.3 is 5.32 Å². The molecule has 0 radical (unpaired) electrons. The van der Waals surface area contributed by atoms with Crippen molar-refractivity contribution in [3.8, 4) is 0 Å². The number of thiazole rings is 1. The molecule has 0 saturated heterocycles. The maximum atomic E-state index is 12.1. The van der Waals surface area contributed by atoms with Gasteiger partial charge in [-0.15, -0.1) is 11.3 Å². The Balaban J connectivity index is 2.08. The minimum atomic E-state index is -0.0420. The van der Waals surface area contributed by atoms with E-state index in [2.05, 4.69) is 29.2 Å². The summed E-state index contributed by atoms with van der Waals surface area (Å²) in [4.78, 5) is 17.4. The minimum absolute atomic E-state index is 0.0420. The van der Waals surface area contributed by atoms with Gasteiger partial charge in [0.1, 0.15) is 0 Å². The van der Waals surface area contributed by atoms with Gasteiger partial charge in [-0.05, 0) is 26.7 Å². The third kappa shape index (κ3) is 3.91. The topological polar surface area (TPSA) is 59.8 Å². The van der Waals surface area contributed by atoms with Crippen LogP contribution in [-0.2, 0) is 17.8 Å². The molecule has 0 aliphatic rings. The van der Waals surface area contributed by atoms with E-state index in [0.29, 0.717) is 17.5 Å². The molecule has 0 bridgehead atoms. The lowest BCUT2D eigenvalue weighted by molar-refractivity contribution is -0.115. The van der Waals surface area contributed by atoms with Crippen molar-refractivity contribution >= 4 is 22.4 Å². The SMILES string of the molecule is Cc1cnc(NC(=O)Cc2c(C)nn(CC(C)C)c2C)s1. The molecule has 0 aliphatic heterocycles. The highest BCUT2D eigenvalue weighted by atomic mass is 32.1. The third-order valence-electron chi connectivity index (χ3n) is 3.27. The van der Waals surface area contributed by atoms with Crippen molar-refractivity contribution in [2.24, 2.45) is 5.92 Å². The molecule has 0 aliphatic carbocycles. The monoisotopic (exact) mass is 306 g/mol. The number of amides is 1. The third-order valence-corrected chi connectivity index (χ3v) is 4.10. The number of hydrogen-bond acceptors (Lipinski definition) is 4. The Labute approximate surface area is 129 Å². The quantitative estimate of drug-likeness (QED) is 0.923. The lowest BCUT2D eigenvalue weighted by atomic mass is 10.1. The van der Waals surface area contributed by atoms with Crippen molar-refractivity contribution in [2.75, 3.05) is 5.32 Å². The largest absolute Gasteiger partial charge is 0.302 e. The number of aryl methyl sites for hydroxylation is 2. The predicted molar refractivity (Wildman–Crippen MR) is 85.7 cm³/mol. The molecule has 5 nitrogen and oxygen atoms in total. The van der Waals surface area contributed by atoms with Crippen LogP contribution in [-0.4, -0.2) is 20.7 Å². The zero-order chi connectivity index (χ0) is 15.6. The van der Waals surface area contributed by atoms with E-state index < -0.39 is 0 Å². The first-order valence-electron chi connectivity index (χ1n) is 7.12. The van der Waals surface area contributed by atoms with Crippen molar-refractivity contribution in [1.82, 2.24) is 14.8 Å². The van der Waals surface area contributed by atoms with E-state index >= 15 is 0 Å². The number of aromatic nitrogens is 3. The number of anilines is 1. The van der Waals surface area contributed by atoms with E-state index in [1.165, 1.54) is 11.3 Å². The van der Waals surface area contributed by atoms with Crippen LogP contribution in [0.15, 0.2) is 6.20 Å². The molecule has 21 heavy (non-hydrogen) atoms. The summed E-state index contributed by atoms with van der Waals surface area (Å²) < 4.78 is 2.00. The van der Waals surface area contributed by atoms with Gasteiger partial charge in [-0.25, -0.2) is 4.98 Å². The summed E-state index contributed by atoms with van der Waals surface area (Å²) in [6.45, 7) is 11.2. The summed E-state index contributed by atoms with van der Waals surface area (Å²) in [5, 5.41) is 8.04. The first kappa shape index (κ1) is 15.7. The smallest absolute Gasteiger partial charge is 0.230 e. The van der Waals surface area contributed by atoms with E-state index in [1.807, 2.05) is 25.5 Å². The zero-order valence-corrected chi connectivity index (χ0v) is 14.0. The van der Waals surface area contributed by atoms with Gasteiger partial charge in [-0.2, -0.15) is 5.10 Å². The summed E-state index contributed by atoms with van der Waals surface area (Å²) in [7, 11) is 0. The number of carbonyl (C=O) groups is 1. The molecule has 1 N–H and O–H groups in total. The summed E-state index contributed by atoms with van der Waals surface area (Å²) >= 11 is 1.48. The second-order valence-electron chi connectivity index (χ2n) is 5.73. The highest BCUT2D eigenvalue weighted by Crippen LogP contribution is 2.19. The van der Waals surface area contributed by atoms with Crippen LogP contribution in [0.3, 0.4) is 0 Å². The van der Waals surface area contributed by atoms with Crippen LogP contribution in [0.4, 0.5) is 5.13 Å². The average Bonchev–Trinajstić information content (AvgIpc) is 2.88. The molecule has 1 amide bonds. The Morgan fingerprint density at radius 3 is 2.67 bits per heavy atom. The molecule has 0 fully saturated rings.